The third kappa shape index (κ3) is 2.27. The zero-order chi connectivity index (χ0) is 13.3. The molecule has 0 spiro atoms. The van der Waals surface area contributed by atoms with Crippen LogP contribution in [0.2, 0.25) is 0 Å². The molecule has 1 aliphatic rings. The van der Waals surface area contributed by atoms with E-state index in [-0.39, 0.29) is 28.9 Å². The average Bonchev–Trinajstić information content (AvgIpc) is 3.11. The third-order valence-corrected chi connectivity index (χ3v) is 3.29. The van der Waals surface area contributed by atoms with Crippen molar-refractivity contribution in [2.24, 2.45) is 5.92 Å². The van der Waals surface area contributed by atoms with Crippen molar-refractivity contribution in [1.29, 1.82) is 0 Å². The first-order valence-corrected chi connectivity index (χ1v) is 6.34. The summed E-state index contributed by atoms with van der Waals surface area (Å²) in [6.45, 7) is 3.86. The van der Waals surface area contributed by atoms with E-state index in [0.29, 0.717) is 24.2 Å². The molecule has 0 aliphatic heterocycles. The second kappa shape index (κ2) is 4.88. The van der Waals surface area contributed by atoms with Gasteiger partial charge in [-0.1, -0.05) is 13.8 Å². The predicted octanol–water partition coefficient (Wildman–Crippen LogP) is 1.90. The zero-order valence-electron chi connectivity index (χ0n) is 10.7. The molecule has 6 heteroatoms. The number of carbonyl (C=O) groups excluding carboxylic acids is 1. The Bertz CT molecular complexity index is 489. The SMILES string of the molecule is CCc1nn(CC(=O)C2CC2)c(CC)c1[N+](=O)[O-]. The van der Waals surface area contributed by atoms with Gasteiger partial charge in [0.25, 0.3) is 0 Å². The monoisotopic (exact) mass is 251 g/mol. The minimum Gasteiger partial charge on any atom is -0.297 e. The van der Waals surface area contributed by atoms with Crippen molar-refractivity contribution >= 4 is 11.5 Å². The first-order valence-electron chi connectivity index (χ1n) is 6.34. The number of aromatic nitrogens is 2. The summed E-state index contributed by atoms with van der Waals surface area (Å²) >= 11 is 0. The summed E-state index contributed by atoms with van der Waals surface area (Å²) in [5.41, 5.74) is 1.12. The van der Waals surface area contributed by atoms with Gasteiger partial charge in [-0.3, -0.25) is 19.6 Å². The Morgan fingerprint density at radius 1 is 1.44 bits per heavy atom. The molecule has 18 heavy (non-hydrogen) atoms. The van der Waals surface area contributed by atoms with Crippen molar-refractivity contribution in [1.82, 2.24) is 9.78 Å². The van der Waals surface area contributed by atoms with Gasteiger partial charge in [-0.05, 0) is 25.7 Å². The fraction of sp³-hybridized carbons (Fsp3) is 0.667. The molecular weight excluding hydrogens is 234 g/mol. The minimum atomic E-state index is -0.386. The van der Waals surface area contributed by atoms with E-state index in [1.807, 2.05) is 13.8 Å². The van der Waals surface area contributed by atoms with Crippen molar-refractivity contribution in [3.8, 4) is 0 Å². The van der Waals surface area contributed by atoms with E-state index >= 15 is 0 Å². The molecule has 1 saturated carbocycles. The largest absolute Gasteiger partial charge is 0.313 e. The third-order valence-electron chi connectivity index (χ3n) is 3.29. The molecule has 0 aromatic carbocycles. The Balaban J connectivity index is 2.33. The first kappa shape index (κ1) is 12.7. The van der Waals surface area contributed by atoms with Gasteiger partial charge in [0.1, 0.15) is 17.9 Å². The number of nitro groups is 1. The van der Waals surface area contributed by atoms with Crippen LogP contribution in [0.15, 0.2) is 0 Å². The van der Waals surface area contributed by atoms with E-state index in [4.69, 9.17) is 0 Å². The van der Waals surface area contributed by atoms with Crippen LogP contribution in [0.3, 0.4) is 0 Å². The molecule has 0 bridgehead atoms. The fourth-order valence-corrected chi connectivity index (χ4v) is 2.15. The van der Waals surface area contributed by atoms with Crippen LogP contribution in [0, 0.1) is 16.0 Å². The highest BCUT2D eigenvalue weighted by Gasteiger charge is 2.32. The summed E-state index contributed by atoms with van der Waals surface area (Å²) in [7, 11) is 0. The fourth-order valence-electron chi connectivity index (χ4n) is 2.15. The Labute approximate surface area is 105 Å². The lowest BCUT2D eigenvalue weighted by Crippen LogP contribution is -2.15. The van der Waals surface area contributed by atoms with E-state index in [1.165, 1.54) is 4.68 Å². The second-order valence-electron chi connectivity index (χ2n) is 4.60. The normalized spacial score (nSPS) is 14.8. The van der Waals surface area contributed by atoms with Gasteiger partial charge in [0, 0.05) is 5.92 Å². The van der Waals surface area contributed by atoms with Crippen LogP contribution in [-0.2, 0) is 24.2 Å². The number of hydrogen-bond acceptors (Lipinski definition) is 4. The van der Waals surface area contributed by atoms with Gasteiger partial charge in [0.2, 0.25) is 0 Å². The van der Waals surface area contributed by atoms with Crippen LogP contribution in [0.25, 0.3) is 0 Å². The van der Waals surface area contributed by atoms with Gasteiger partial charge in [-0.15, -0.1) is 0 Å². The molecule has 6 nitrogen and oxygen atoms in total. The van der Waals surface area contributed by atoms with E-state index in [0.717, 1.165) is 12.8 Å². The van der Waals surface area contributed by atoms with E-state index in [2.05, 4.69) is 5.10 Å². The molecule has 0 amide bonds. The molecule has 2 rings (SSSR count). The molecule has 0 saturated heterocycles. The van der Waals surface area contributed by atoms with Crippen LogP contribution in [0.1, 0.15) is 38.1 Å². The highest BCUT2D eigenvalue weighted by atomic mass is 16.6. The van der Waals surface area contributed by atoms with Crippen molar-refractivity contribution in [3.63, 3.8) is 0 Å². The average molecular weight is 251 g/mol. The van der Waals surface area contributed by atoms with Gasteiger partial charge >= 0.3 is 5.69 Å². The maximum absolute atomic E-state index is 11.8. The topological polar surface area (TPSA) is 78.0 Å². The first-order chi connectivity index (χ1) is 8.58. The molecule has 0 atom stereocenters. The highest BCUT2D eigenvalue weighted by molar-refractivity contribution is 5.83. The Morgan fingerprint density at radius 2 is 2.11 bits per heavy atom. The molecule has 1 aliphatic carbocycles. The summed E-state index contributed by atoms with van der Waals surface area (Å²) in [5, 5.41) is 15.3. The summed E-state index contributed by atoms with van der Waals surface area (Å²) in [5.74, 6) is 0.299. The van der Waals surface area contributed by atoms with Crippen molar-refractivity contribution in [2.75, 3.05) is 0 Å². The maximum Gasteiger partial charge on any atom is 0.313 e. The van der Waals surface area contributed by atoms with Gasteiger partial charge in [0.15, 0.2) is 5.78 Å². The molecule has 1 heterocycles. The molecule has 1 aromatic heterocycles. The highest BCUT2D eigenvalue weighted by Crippen LogP contribution is 2.31. The molecule has 0 radical (unpaired) electrons. The second-order valence-corrected chi connectivity index (χ2v) is 4.60. The van der Waals surface area contributed by atoms with Crippen LogP contribution < -0.4 is 0 Å². The minimum absolute atomic E-state index is 0.0867. The number of rotatable bonds is 6. The van der Waals surface area contributed by atoms with Crippen LogP contribution in [-0.4, -0.2) is 20.5 Å². The Hall–Kier alpha value is -1.72. The number of Topliss-reactive ketones (excluding diaryl/α,β-unsaturated/α-hetero) is 1. The van der Waals surface area contributed by atoms with E-state index < -0.39 is 0 Å². The zero-order valence-corrected chi connectivity index (χ0v) is 10.7. The van der Waals surface area contributed by atoms with Gasteiger partial charge in [-0.25, -0.2) is 0 Å². The maximum atomic E-state index is 11.8. The smallest absolute Gasteiger partial charge is 0.297 e. The van der Waals surface area contributed by atoms with Crippen molar-refractivity contribution in [3.05, 3.63) is 21.5 Å². The lowest BCUT2D eigenvalue weighted by molar-refractivity contribution is -0.386. The molecule has 0 N–H and O–H groups in total. The van der Waals surface area contributed by atoms with Gasteiger partial charge < -0.3 is 0 Å². The van der Waals surface area contributed by atoms with Crippen molar-refractivity contribution < 1.29 is 9.72 Å². The predicted molar refractivity (Wildman–Crippen MR) is 65.4 cm³/mol. The Kier molecular flexibility index (Phi) is 3.45. The van der Waals surface area contributed by atoms with E-state index in [1.54, 1.807) is 0 Å². The summed E-state index contributed by atoms with van der Waals surface area (Å²) in [6, 6.07) is 0. The van der Waals surface area contributed by atoms with Crippen LogP contribution in [0.4, 0.5) is 5.69 Å². The summed E-state index contributed by atoms with van der Waals surface area (Å²) in [4.78, 5) is 22.5. The lowest BCUT2D eigenvalue weighted by atomic mass is 10.2. The Morgan fingerprint density at radius 3 is 2.56 bits per heavy atom. The summed E-state index contributed by atoms with van der Waals surface area (Å²) in [6.07, 6.45) is 2.92. The van der Waals surface area contributed by atoms with E-state index in [9.17, 15) is 14.9 Å². The summed E-state index contributed by atoms with van der Waals surface area (Å²) < 4.78 is 1.53. The lowest BCUT2D eigenvalue weighted by Gasteiger charge is -2.03. The van der Waals surface area contributed by atoms with Crippen LogP contribution in [0.5, 0.6) is 0 Å². The van der Waals surface area contributed by atoms with Crippen molar-refractivity contribution in [2.45, 2.75) is 46.1 Å². The van der Waals surface area contributed by atoms with Gasteiger partial charge in [0.05, 0.1) is 4.92 Å². The van der Waals surface area contributed by atoms with Crippen LogP contribution >= 0.6 is 0 Å². The molecule has 98 valence electrons. The molecule has 1 aromatic rings. The number of nitrogens with zero attached hydrogens (tertiary/aromatic N) is 3. The number of aryl methyl sites for hydroxylation is 1. The molecule has 0 unspecified atom stereocenters. The standard InChI is InChI=1S/C12H17N3O3/c1-3-9-12(15(17)18)10(4-2)14(13-9)7-11(16)8-5-6-8/h8H,3-7H2,1-2H3. The van der Waals surface area contributed by atoms with Gasteiger partial charge in [-0.2, -0.15) is 5.10 Å². The number of hydrogen-bond donors (Lipinski definition) is 0. The quantitative estimate of drug-likeness (QED) is 0.571. The molecular formula is C12H17N3O3. The number of ketones is 1. The molecule has 1 fully saturated rings. The number of carbonyl (C=O) groups is 1.